The van der Waals surface area contributed by atoms with Gasteiger partial charge in [-0.3, -0.25) is 4.79 Å². The Labute approximate surface area is 175 Å². The molecule has 162 valence electrons. The summed E-state index contributed by atoms with van der Waals surface area (Å²) in [6, 6.07) is 9.74. The summed E-state index contributed by atoms with van der Waals surface area (Å²) in [5.41, 5.74) is 0.467. The van der Waals surface area contributed by atoms with Crippen LogP contribution in [0.3, 0.4) is 0 Å². The molecule has 30 heavy (non-hydrogen) atoms. The molecule has 0 aromatic heterocycles. The van der Waals surface area contributed by atoms with E-state index in [-0.39, 0.29) is 36.1 Å². The summed E-state index contributed by atoms with van der Waals surface area (Å²) in [4.78, 5) is 24.8. The van der Waals surface area contributed by atoms with Gasteiger partial charge in [0.2, 0.25) is 5.79 Å². The van der Waals surface area contributed by atoms with Gasteiger partial charge in [-0.2, -0.15) is 0 Å². The Balaban J connectivity index is 2.27. The van der Waals surface area contributed by atoms with E-state index in [1.54, 1.807) is 6.92 Å². The molecule has 8 heteroatoms. The minimum atomic E-state index is -1.59. The third-order valence-electron chi connectivity index (χ3n) is 3.99. The Hall–Kier alpha value is -2.97. The van der Waals surface area contributed by atoms with Crippen LogP contribution >= 0.6 is 0 Å². The van der Waals surface area contributed by atoms with Gasteiger partial charge in [0.1, 0.15) is 17.1 Å². The molecular formula is C22H27FN2O5. The lowest BCUT2D eigenvalue weighted by molar-refractivity contribution is -0.119. The number of hydrogen-bond acceptors (Lipinski definition) is 6. The number of halogens is 1. The summed E-state index contributed by atoms with van der Waals surface area (Å²) in [6.07, 6.45) is 0. The second kappa shape index (κ2) is 10.2. The predicted molar refractivity (Wildman–Crippen MR) is 111 cm³/mol. The molecule has 0 aliphatic rings. The molecule has 0 spiro atoms. The lowest BCUT2D eigenvalue weighted by Gasteiger charge is -2.27. The highest BCUT2D eigenvalue weighted by atomic mass is 19.1. The van der Waals surface area contributed by atoms with E-state index in [4.69, 9.17) is 9.47 Å². The van der Waals surface area contributed by atoms with Crippen LogP contribution in [0.4, 0.5) is 10.1 Å². The topological polar surface area (TPSA) is 96.9 Å². The van der Waals surface area contributed by atoms with Gasteiger partial charge in [0.05, 0.1) is 13.2 Å². The van der Waals surface area contributed by atoms with Gasteiger partial charge in [-0.1, -0.05) is 19.9 Å². The molecular weight excluding hydrogens is 391 g/mol. The number of nitrogens with one attached hydrogen (secondary N) is 2. The Morgan fingerprint density at radius 2 is 1.93 bits per heavy atom. The van der Waals surface area contributed by atoms with Gasteiger partial charge in [-0.25, -0.2) is 9.18 Å². The number of amides is 1. The van der Waals surface area contributed by atoms with E-state index >= 15 is 0 Å². The lowest BCUT2D eigenvalue weighted by atomic mass is 10.1. The van der Waals surface area contributed by atoms with Crippen molar-refractivity contribution in [3.05, 3.63) is 59.4 Å². The number of ether oxygens (including phenoxy) is 2. The van der Waals surface area contributed by atoms with Crippen LogP contribution in [0.2, 0.25) is 0 Å². The number of benzene rings is 2. The van der Waals surface area contributed by atoms with Crippen LogP contribution in [0.15, 0.2) is 42.5 Å². The van der Waals surface area contributed by atoms with Gasteiger partial charge in [-0.05, 0) is 43.3 Å². The molecule has 7 nitrogen and oxygen atoms in total. The first-order valence-corrected chi connectivity index (χ1v) is 9.64. The Bertz CT molecular complexity index is 899. The molecule has 0 aliphatic heterocycles. The average molecular weight is 418 g/mol. The molecule has 1 atom stereocenters. The lowest BCUT2D eigenvalue weighted by Crippen LogP contribution is -2.45. The average Bonchev–Trinajstić information content (AvgIpc) is 2.67. The Kier molecular flexibility index (Phi) is 7.91. The second-order valence-electron chi connectivity index (χ2n) is 7.21. The van der Waals surface area contributed by atoms with Crippen LogP contribution in [0.5, 0.6) is 5.75 Å². The number of carbonyl (C=O) groups excluding carboxylic acids is 2. The van der Waals surface area contributed by atoms with Crippen molar-refractivity contribution in [1.29, 1.82) is 0 Å². The SMILES string of the molecule is CCOC(=O)c1cc(NC(=O)c2cccc(F)c2)ccc1OC(C)(O)CNC(C)C. The second-order valence-corrected chi connectivity index (χ2v) is 7.21. The maximum atomic E-state index is 13.4. The predicted octanol–water partition coefficient (Wildman–Crippen LogP) is 3.34. The molecule has 2 aromatic carbocycles. The molecule has 0 heterocycles. The third-order valence-corrected chi connectivity index (χ3v) is 3.99. The van der Waals surface area contributed by atoms with E-state index in [1.165, 1.54) is 43.3 Å². The van der Waals surface area contributed by atoms with Gasteiger partial charge in [0.25, 0.3) is 5.91 Å². The van der Waals surface area contributed by atoms with Crippen molar-refractivity contribution in [3.63, 3.8) is 0 Å². The van der Waals surface area contributed by atoms with Crippen LogP contribution in [0, 0.1) is 5.82 Å². The van der Waals surface area contributed by atoms with E-state index < -0.39 is 23.5 Å². The number of esters is 1. The quantitative estimate of drug-likeness (QED) is 0.427. The summed E-state index contributed by atoms with van der Waals surface area (Å²) in [7, 11) is 0. The van der Waals surface area contributed by atoms with E-state index in [0.29, 0.717) is 5.69 Å². The molecule has 3 N–H and O–H groups in total. The fourth-order valence-electron chi connectivity index (χ4n) is 2.56. The van der Waals surface area contributed by atoms with Gasteiger partial charge in [0.15, 0.2) is 0 Å². The van der Waals surface area contributed by atoms with Gasteiger partial charge in [-0.15, -0.1) is 0 Å². The molecule has 0 saturated heterocycles. The highest BCUT2D eigenvalue weighted by molar-refractivity contribution is 6.05. The minimum Gasteiger partial charge on any atom is -0.462 e. The van der Waals surface area contributed by atoms with Crippen LogP contribution < -0.4 is 15.4 Å². The highest BCUT2D eigenvalue weighted by Crippen LogP contribution is 2.27. The first-order valence-electron chi connectivity index (χ1n) is 9.64. The molecule has 0 fully saturated rings. The van der Waals surface area contributed by atoms with E-state index in [2.05, 4.69) is 10.6 Å². The van der Waals surface area contributed by atoms with Crippen molar-refractivity contribution in [2.24, 2.45) is 0 Å². The number of rotatable bonds is 9. The van der Waals surface area contributed by atoms with Crippen LogP contribution in [0.25, 0.3) is 0 Å². The monoisotopic (exact) mass is 418 g/mol. The Morgan fingerprint density at radius 1 is 1.20 bits per heavy atom. The summed E-state index contributed by atoms with van der Waals surface area (Å²) in [5, 5.41) is 16.2. The molecule has 0 saturated carbocycles. The van der Waals surface area contributed by atoms with Crippen molar-refractivity contribution >= 4 is 17.6 Å². The van der Waals surface area contributed by atoms with Crippen molar-refractivity contribution in [2.75, 3.05) is 18.5 Å². The smallest absolute Gasteiger partial charge is 0.341 e. The minimum absolute atomic E-state index is 0.0405. The normalized spacial score (nSPS) is 12.9. The molecule has 2 rings (SSSR count). The molecule has 1 unspecified atom stereocenters. The van der Waals surface area contributed by atoms with Gasteiger partial charge in [0, 0.05) is 24.2 Å². The third kappa shape index (κ3) is 6.82. The van der Waals surface area contributed by atoms with Crippen molar-refractivity contribution in [1.82, 2.24) is 5.32 Å². The zero-order chi connectivity index (χ0) is 22.3. The highest BCUT2D eigenvalue weighted by Gasteiger charge is 2.26. The van der Waals surface area contributed by atoms with E-state index in [1.807, 2.05) is 13.8 Å². The maximum absolute atomic E-state index is 13.4. The molecule has 1 amide bonds. The number of aliphatic hydroxyl groups is 1. The standard InChI is InChI=1S/C22H27FN2O5/c1-5-29-21(27)18-12-17(25-20(26)15-7-6-8-16(23)11-15)9-10-19(18)30-22(4,28)13-24-14(2)3/h6-12,14,24,28H,5,13H2,1-4H3,(H,25,26). The number of carbonyl (C=O) groups is 2. The first-order chi connectivity index (χ1) is 14.1. The maximum Gasteiger partial charge on any atom is 0.341 e. The molecule has 2 aromatic rings. The summed E-state index contributed by atoms with van der Waals surface area (Å²) < 4.78 is 24.1. The fraction of sp³-hybridized carbons (Fsp3) is 0.364. The first kappa shape index (κ1) is 23.3. The number of anilines is 1. The van der Waals surface area contributed by atoms with Gasteiger partial charge < -0.3 is 25.2 Å². The molecule has 0 radical (unpaired) electrons. The zero-order valence-corrected chi connectivity index (χ0v) is 17.5. The Morgan fingerprint density at radius 3 is 2.57 bits per heavy atom. The van der Waals surface area contributed by atoms with Crippen LogP contribution in [-0.2, 0) is 4.74 Å². The molecule has 0 bridgehead atoms. The van der Waals surface area contributed by atoms with Crippen LogP contribution in [0.1, 0.15) is 48.4 Å². The van der Waals surface area contributed by atoms with E-state index in [9.17, 15) is 19.1 Å². The van der Waals surface area contributed by atoms with Gasteiger partial charge >= 0.3 is 5.97 Å². The van der Waals surface area contributed by atoms with Crippen molar-refractivity contribution in [3.8, 4) is 5.75 Å². The van der Waals surface area contributed by atoms with Crippen molar-refractivity contribution in [2.45, 2.75) is 39.5 Å². The number of hydrogen-bond donors (Lipinski definition) is 3. The van der Waals surface area contributed by atoms with Crippen molar-refractivity contribution < 1.29 is 28.6 Å². The van der Waals surface area contributed by atoms with Crippen LogP contribution in [-0.4, -0.2) is 42.0 Å². The largest absolute Gasteiger partial charge is 0.462 e. The fourth-order valence-corrected chi connectivity index (χ4v) is 2.56. The summed E-state index contributed by atoms with van der Waals surface area (Å²) in [5.74, 6) is -3.21. The van der Waals surface area contributed by atoms with E-state index in [0.717, 1.165) is 6.07 Å². The molecule has 0 aliphatic carbocycles. The zero-order valence-electron chi connectivity index (χ0n) is 17.5. The summed E-state index contributed by atoms with van der Waals surface area (Å²) in [6.45, 7) is 7.26. The summed E-state index contributed by atoms with van der Waals surface area (Å²) >= 11 is 0.